The zero-order valence-corrected chi connectivity index (χ0v) is 25.9. The third kappa shape index (κ3) is 7.29. The summed E-state index contributed by atoms with van der Waals surface area (Å²) in [6.07, 6.45) is 5.80. The average Bonchev–Trinajstić information content (AvgIpc) is 3.74. The molecule has 0 atom stereocenters. The van der Waals surface area contributed by atoms with E-state index < -0.39 is 0 Å². The van der Waals surface area contributed by atoms with Gasteiger partial charge in [0.1, 0.15) is 0 Å². The molecule has 0 saturated carbocycles. The molecule has 230 valence electrons. The first kappa shape index (κ1) is 29.8. The van der Waals surface area contributed by atoms with Gasteiger partial charge in [-0.15, -0.1) is 0 Å². The molecule has 0 unspecified atom stereocenters. The van der Waals surface area contributed by atoms with Crippen molar-refractivity contribution >= 4 is 62.1 Å². The number of carbonyl (C=O) groups is 2. The van der Waals surface area contributed by atoms with Crippen molar-refractivity contribution in [2.75, 3.05) is 74.2 Å². The molecule has 9 nitrogen and oxygen atoms in total. The second-order valence-corrected chi connectivity index (χ2v) is 12.2. The first-order valence-corrected chi connectivity index (χ1v) is 15.9. The lowest BCUT2D eigenvalue weighted by atomic mass is 10.1. The van der Waals surface area contributed by atoms with Crippen LogP contribution >= 0.6 is 0 Å². The summed E-state index contributed by atoms with van der Waals surface area (Å²) >= 11 is 0. The quantitative estimate of drug-likeness (QED) is 0.183. The number of amides is 2. The molecule has 2 amide bonds. The van der Waals surface area contributed by atoms with E-state index in [1.807, 2.05) is 50.5 Å². The molecule has 3 heterocycles. The Morgan fingerprint density at radius 1 is 0.682 bits per heavy atom. The van der Waals surface area contributed by atoms with Crippen LogP contribution < -0.4 is 20.9 Å². The highest BCUT2D eigenvalue weighted by atomic mass is 16.2. The number of fused-ring (bicyclic) bond motifs is 2. The van der Waals surface area contributed by atoms with Crippen molar-refractivity contribution in [2.24, 2.45) is 0 Å². The Kier molecular flexibility index (Phi) is 9.23. The minimum atomic E-state index is 0.00954. The SMILES string of the molecule is CN(C)c1ccc(Nc2c3ccc(NC(=O)CCN4CCCC4)cc3nc3cc(NC(=O)CCN4CCCC4)ccc23)cc1. The zero-order valence-electron chi connectivity index (χ0n) is 25.9. The summed E-state index contributed by atoms with van der Waals surface area (Å²) in [5.41, 5.74) is 5.99. The summed E-state index contributed by atoms with van der Waals surface area (Å²) in [5.74, 6) is 0.0191. The number of nitrogens with one attached hydrogen (secondary N) is 3. The molecule has 4 aromatic rings. The number of aromatic nitrogens is 1. The van der Waals surface area contributed by atoms with Crippen LogP contribution in [0.1, 0.15) is 38.5 Å². The smallest absolute Gasteiger partial charge is 0.225 e. The Bertz CT molecular complexity index is 1530. The predicted molar refractivity (Wildman–Crippen MR) is 181 cm³/mol. The maximum Gasteiger partial charge on any atom is 0.225 e. The molecule has 0 spiro atoms. The zero-order chi connectivity index (χ0) is 30.5. The van der Waals surface area contributed by atoms with Crippen molar-refractivity contribution in [3.05, 3.63) is 60.7 Å². The van der Waals surface area contributed by atoms with Gasteiger partial charge in [0.05, 0.1) is 16.7 Å². The number of carbonyl (C=O) groups excluding carboxylic acids is 2. The van der Waals surface area contributed by atoms with Crippen molar-refractivity contribution in [1.82, 2.24) is 14.8 Å². The summed E-state index contributed by atoms with van der Waals surface area (Å²) in [4.78, 5) is 37.3. The molecule has 2 aliphatic rings. The third-order valence-corrected chi connectivity index (χ3v) is 8.70. The van der Waals surface area contributed by atoms with Crippen LogP contribution in [-0.2, 0) is 9.59 Å². The van der Waals surface area contributed by atoms with E-state index in [4.69, 9.17) is 4.98 Å². The highest BCUT2D eigenvalue weighted by Crippen LogP contribution is 2.36. The van der Waals surface area contributed by atoms with Gasteiger partial charge in [0.15, 0.2) is 0 Å². The summed E-state index contributed by atoms with van der Waals surface area (Å²) in [7, 11) is 4.05. The standard InChI is InChI=1S/C35H43N7O2/c1-40(2)28-11-7-25(8-12-28)38-35-29-13-9-26(36-33(43)15-21-41-17-3-4-18-41)23-31(29)39-32-24-27(10-14-30(32)35)37-34(44)16-22-42-19-5-6-20-42/h7-14,23-24H,3-6,15-22H2,1-2H3,(H,36,43)(H,37,44)(H,38,39). The molecule has 2 aliphatic heterocycles. The molecule has 2 saturated heterocycles. The van der Waals surface area contributed by atoms with Gasteiger partial charge < -0.3 is 30.7 Å². The van der Waals surface area contributed by atoms with Crippen molar-refractivity contribution < 1.29 is 9.59 Å². The molecule has 3 aromatic carbocycles. The summed E-state index contributed by atoms with van der Waals surface area (Å²) in [6.45, 7) is 5.89. The molecular formula is C35H43N7O2. The summed E-state index contributed by atoms with van der Waals surface area (Å²) < 4.78 is 0. The monoisotopic (exact) mass is 593 g/mol. The largest absolute Gasteiger partial charge is 0.378 e. The van der Waals surface area contributed by atoms with Crippen molar-refractivity contribution in [2.45, 2.75) is 38.5 Å². The van der Waals surface area contributed by atoms with Crippen molar-refractivity contribution in [1.29, 1.82) is 0 Å². The van der Waals surface area contributed by atoms with Crippen LogP contribution in [0.4, 0.5) is 28.4 Å². The molecule has 1 aromatic heterocycles. The van der Waals surface area contributed by atoms with Crippen LogP contribution in [0.15, 0.2) is 60.7 Å². The van der Waals surface area contributed by atoms with Gasteiger partial charge in [0, 0.05) is 73.5 Å². The van der Waals surface area contributed by atoms with E-state index in [-0.39, 0.29) is 11.8 Å². The normalized spacial score (nSPS) is 15.6. The van der Waals surface area contributed by atoms with E-state index in [2.05, 4.69) is 54.9 Å². The number of hydrogen-bond acceptors (Lipinski definition) is 7. The van der Waals surface area contributed by atoms with Gasteiger partial charge >= 0.3 is 0 Å². The maximum absolute atomic E-state index is 12.8. The third-order valence-electron chi connectivity index (χ3n) is 8.70. The van der Waals surface area contributed by atoms with Crippen LogP contribution in [0.5, 0.6) is 0 Å². The van der Waals surface area contributed by atoms with Gasteiger partial charge in [-0.05, 0) is 113 Å². The van der Waals surface area contributed by atoms with Gasteiger partial charge in [-0.3, -0.25) is 9.59 Å². The Morgan fingerprint density at radius 2 is 1.14 bits per heavy atom. The number of nitrogens with zero attached hydrogens (tertiary/aromatic N) is 4. The van der Waals surface area contributed by atoms with Crippen LogP contribution in [-0.4, -0.2) is 80.0 Å². The van der Waals surface area contributed by atoms with Gasteiger partial charge in [-0.1, -0.05) is 0 Å². The van der Waals surface area contributed by atoms with Gasteiger partial charge in [0.25, 0.3) is 0 Å². The lowest BCUT2D eigenvalue weighted by Gasteiger charge is -2.17. The topological polar surface area (TPSA) is 92.8 Å². The van der Waals surface area contributed by atoms with Crippen molar-refractivity contribution in [3.63, 3.8) is 0 Å². The average molecular weight is 594 g/mol. The fourth-order valence-corrected chi connectivity index (χ4v) is 6.20. The number of hydrogen-bond donors (Lipinski definition) is 3. The van der Waals surface area contributed by atoms with E-state index in [1.165, 1.54) is 25.7 Å². The van der Waals surface area contributed by atoms with Crippen molar-refractivity contribution in [3.8, 4) is 0 Å². The first-order chi connectivity index (χ1) is 21.4. The molecule has 2 fully saturated rings. The number of pyridine rings is 1. The molecule has 0 aliphatic carbocycles. The number of anilines is 5. The molecule has 3 N–H and O–H groups in total. The van der Waals surface area contributed by atoms with Crippen LogP contribution in [0.3, 0.4) is 0 Å². The fourth-order valence-electron chi connectivity index (χ4n) is 6.20. The highest BCUT2D eigenvalue weighted by Gasteiger charge is 2.16. The van der Waals surface area contributed by atoms with E-state index in [0.717, 1.165) is 89.5 Å². The second-order valence-electron chi connectivity index (χ2n) is 12.2. The van der Waals surface area contributed by atoms with E-state index in [0.29, 0.717) is 12.8 Å². The lowest BCUT2D eigenvalue weighted by Crippen LogP contribution is -2.25. The van der Waals surface area contributed by atoms with Crippen LogP contribution in [0.25, 0.3) is 21.8 Å². The Morgan fingerprint density at radius 3 is 1.59 bits per heavy atom. The Labute approximate surface area is 259 Å². The Hall–Kier alpha value is -4.21. The molecule has 0 radical (unpaired) electrons. The lowest BCUT2D eigenvalue weighted by molar-refractivity contribution is -0.117. The highest BCUT2D eigenvalue weighted by molar-refractivity contribution is 6.10. The number of benzene rings is 3. The van der Waals surface area contributed by atoms with Gasteiger partial charge in [-0.2, -0.15) is 0 Å². The Balaban J connectivity index is 1.27. The summed E-state index contributed by atoms with van der Waals surface area (Å²) in [5, 5.41) is 11.7. The van der Waals surface area contributed by atoms with Gasteiger partial charge in [0.2, 0.25) is 11.8 Å². The number of likely N-dealkylation sites (tertiary alicyclic amines) is 2. The molecular weight excluding hydrogens is 550 g/mol. The summed E-state index contributed by atoms with van der Waals surface area (Å²) in [6, 6.07) is 20.1. The minimum Gasteiger partial charge on any atom is -0.378 e. The van der Waals surface area contributed by atoms with E-state index in [1.54, 1.807) is 0 Å². The fraction of sp³-hybridized carbons (Fsp3) is 0.400. The van der Waals surface area contributed by atoms with E-state index in [9.17, 15) is 9.59 Å². The first-order valence-electron chi connectivity index (χ1n) is 15.9. The number of rotatable bonds is 11. The van der Waals surface area contributed by atoms with Gasteiger partial charge in [-0.25, -0.2) is 4.98 Å². The molecule has 0 bridgehead atoms. The van der Waals surface area contributed by atoms with Crippen LogP contribution in [0, 0.1) is 0 Å². The minimum absolute atomic E-state index is 0.00954. The van der Waals surface area contributed by atoms with Crippen LogP contribution in [0.2, 0.25) is 0 Å². The molecule has 9 heteroatoms. The van der Waals surface area contributed by atoms with E-state index >= 15 is 0 Å². The predicted octanol–water partition coefficient (Wildman–Crippen LogP) is 6.05. The molecule has 6 rings (SSSR count). The maximum atomic E-state index is 12.8. The molecule has 44 heavy (non-hydrogen) atoms. The second kappa shape index (κ2) is 13.6.